The number of aromatic nitrogens is 4. The highest BCUT2D eigenvalue weighted by atomic mass is 16.1. The predicted molar refractivity (Wildman–Crippen MR) is 98.0 cm³/mol. The molecule has 0 spiro atoms. The van der Waals surface area contributed by atoms with Gasteiger partial charge in [0.05, 0.1) is 23.0 Å². The van der Waals surface area contributed by atoms with Gasteiger partial charge in [0.2, 0.25) is 5.78 Å². The quantitative estimate of drug-likeness (QED) is 0.578. The summed E-state index contributed by atoms with van der Waals surface area (Å²) in [7, 11) is 1.67. The van der Waals surface area contributed by atoms with Gasteiger partial charge in [0.25, 0.3) is 11.5 Å². The number of nitrogens with one attached hydrogen (secondary N) is 1. The molecule has 130 valence electrons. The third-order valence-corrected chi connectivity index (χ3v) is 4.32. The standard InChI is InChI=1S/C18H16N6O2/c1-23-17(26)12-7-3-5-9-14(12)24-15(21-22-18(23)24)10-20-13-8-4-2-6-11(13)16(19)25/h2-9,20H,10H2,1H3,(H2,19,25). The van der Waals surface area contributed by atoms with Crippen LogP contribution in [0.15, 0.2) is 53.3 Å². The molecule has 2 aromatic carbocycles. The average molecular weight is 348 g/mol. The van der Waals surface area contributed by atoms with Gasteiger partial charge in [-0.25, -0.2) is 0 Å². The van der Waals surface area contributed by atoms with Gasteiger partial charge >= 0.3 is 0 Å². The van der Waals surface area contributed by atoms with Gasteiger partial charge in [-0.15, -0.1) is 10.2 Å². The van der Waals surface area contributed by atoms with Crippen LogP contribution in [0.25, 0.3) is 16.7 Å². The summed E-state index contributed by atoms with van der Waals surface area (Å²) in [6.45, 7) is 0.313. The van der Waals surface area contributed by atoms with Crippen molar-refractivity contribution in [2.75, 3.05) is 5.32 Å². The van der Waals surface area contributed by atoms with Gasteiger partial charge in [-0.1, -0.05) is 24.3 Å². The molecule has 2 heterocycles. The van der Waals surface area contributed by atoms with Crippen LogP contribution in [-0.2, 0) is 13.6 Å². The molecule has 0 fully saturated rings. The van der Waals surface area contributed by atoms with Crippen LogP contribution in [0.5, 0.6) is 0 Å². The maximum atomic E-state index is 12.5. The minimum absolute atomic E-state index is 0.126. The molecule has 0 radical (unpaired) electrons. The Morgan fingerprint density at radius 2 is 1.85 bits per heavy atom. The number of amides is 1. The molecule has 0 unspecified atom stereocenters. The molecule has 0 aliphatic heterocycles. The largest absolute Gasteiger partial charge is 0.377 e. The van der Waals surface area contributed by atoms with Crippen molar-refractivity contribution < 1.29 is 4.79 Å². The maximum absolute atomic E-state index is 12.5. The Morgan fingerprint density at radius 1 is 1.12 bits per heavy atom. The predicted octanol–water partition coefficient (Wildman–Crippen LogP) is 1.29. The summed E-state index contributed by atoms with van der Waals surface area (Å²) >= 11 is 0. The first-order valence-corrected chi connectivity index (χ1v) is 8.02. The van der Waals surface area contributed by atoms with Gasteiger partial charge in [0.1, 0.15) is 0 Å². The highest BCUT2D eigenvalue weighted by Crippen LogP contribution is 2.17. The molecule has 8 heteroatoms. The monoisotopic (exact) mass is 348 g/mol. The van der Waals surface area contributed by atoms with Crippen LogP contribution in [0.1, 0.15) is 16.2 Å². The van der Waals surface area contributed by atoms with E-state index in [1.54, 1.807) is 31.3 Å². The average Bonchev–Trinajstić information content (AvgIpc) is 3.09. The number of para-hydroxylation sites is 2. The second-order valence-electron chi connectivity index (χ2n) is 5.90. The van der Waals surface area contributed by atoms with E-state index in [1.807, 2.05) is 28.7 Å². The van der Waals surface area contributed by atoms with Gasteiger partial charge in [-0.3, -0.25) is 18.6 Å². The number of nitrogens with zero attached hydrogens (tertiary/aromatic N) is 4. The number of aryl methyl sites for hydroxylation is 1. The molecule has 4 aromatic rings. The van der Waals surface area contributed by atoms with Gasteiger partial charge < -0.3 is 11.1 Å². The minimum Gasteiger partial charge on any atom is -0.377 e. The SMILES string of the molecule is Cn1c(=O)c2ccccc2n2c(CNc3ccccc3C(N)=O)nnc12. The zero-order chi connectivity index (χ0) is 18.3. The Morgan fingerprint density at radius 3 is 2.65 bits per heavy atom. The highest BCUT2D eigenvalue weighted by molar-refractivity contribution is 5.98. The van der Waals surface area contributed by atoms with Crippen molar-refractivity contribution in [1.29, 1.82) is 0 Å². The molecule has 2 aromatic heterocycles. The maximum Gasteiger partial charge on any atom is 0.262 e. The molecule has 4 rings (SSSR count). The number of hydrogen-bond acceptors (Lipinski definition) is 5. The fraction of sp³-hybridized carbons (Fsp3) is 0.111. The summed E-state index contributed by atoms with van der Waals surface area (Å²) in [5, 5.41) is 12.1. The first kappa shape index (κ1) is 15.8. The molecular formula is C18H16N6O2. The van der Waals surface area contributed by atoms with E-state index in [1.165, 1.54) is 4.57 Å². The zero-order valence-corrected chi connectivity index (χ0v) is 14.0. The van der Waals surface area contributed by atoms with E-state index < -0.39 is 5.91 Å². The number of rotatable bonds is 4. The Labute approximate surface area is 147 Å². The van der Waals surface area contributed by atoms with Crippen LogP contribution in [0, 0.1) is 0 Å². The lowest BCUT2D eigenvalue weighted by molar-refractivity contribution is 0.100. The van der Waals surface area contributed by atoms with Crippen LogP contribution in [-0.4, -0.2) is 25.1 Å². The fourth-order valence-electron chi connectivity index (χ4n) is 3.03. The molecule has 0 bridgehead atoms. The summed E-state index contributed by atoms with van der Waals surface area (Å²) in [6, 6.07) is 14.3. The van der Waals surface area contributed by atoms with Crippen LogP contribution < -0.4 is 16.6 Å². The molecule has 0 aliphatic carbocycles. The highest BCUT2D eigenvalue weighted by Gasteiger charge is 2.15. The van der Waals surface area contributed by atoms with E-state index in [0.29, 0.717) is 34.8 Å². The van der Waals surface area contributed by atoms with Crippen molar-refractivity contribution in [1.82, 2.24) is 19.2 Å². The van der Waals surface area contributed by atoms with E-state index in [9.17, 15) is 9.59 Å². The van der Waals surface area contributed by atoms with Crippen molar-refractivity contribution in [3.63, 3.8) is 0 Å². The summed E-state index contributed by atoms with van der Waals surface area (Å²) < 4.78 is 3.30. The minimum atomic E-state index is -0.507. The van der Waals surface area contributed by atoms with Crippen molar-refractivity contribution in [3.05, 3.63) is 70.3 Å². The Hall–Kier alpha value is -3.68. The molecule has 26 heavy (non-hydrogen) atoms. The van der Waals surface area contributed by atoms with E-state index >= 15 is 0 Å². The lowest BCUT2D eigenvalue weighted by Gasteiger charge is -2.10. The van der Waals surface area contributed by atoms with E-state index in [0.717, 1.165) is 5.52 Å². The van der Waals surface area contributed by atoms with Crippen LogP contribution in [0.4, 0.5) is 5.69 Å². The van der Waals surface area contributed by atoms with Crippen LogP contribution >= 0.6 is 0 Å². The Balaban J connectivity index is 1.82. The molecule has 0 atom stereocenters. The van der Waals surface area contributed by atoms with Gasteiger partial charge in [-0.2, -0.15) is 0 Å². The molecule has 1 amide bonds. The smallest absolute Gasteiger partial charge is 0.262 e. The van der Waals surface area contributed by atoms with Gasteiger partial charge in [0, 0.05) is 12.7 Å². The number of nitrogens with two attached hydrogens (primary N) is 1. The Bertz CT molecular complexity index is 1210. The summed E-state index contributed by atoms with van der Waals surface area (Å²) in [5.74, 6) is 0.562. The molecule has 0 saturated heterocycles. The zero-order valence-electron chi connectivity index (χ0n) is 14.0. The Kier molecular flexibility index (Phi) is 3.65. The molecule has 0 saturated carbocycles. The van der Waals surface area contributed by atoms with Crippen molar-refractivity contribution in [2.45, 2.75) is 6.54 Å². The van der Waals surface area contributed by atoms with Crippen molar-refractivity contribution >= 4 is 28.3 Å². The first-order valence-electron chi connectivity index (χ1n) is 8.02. The number of anilines is 1. The summed E-state index contributed by atoms with van der Waals surface area (Å²) in [4.78, 5) is 24.0. The first-order chi connectivity index (χ1) is 12.6. The number of carbonyl (C=O) groups excluding carboxylic acids is 1. The number of hydrogen-bond donors (Lipinski definition) is 2. The second-order valence-corrected chi connectivity index (χ2v) is 5.90. The normalized spacial score (nSPS) is 11.1. The number of fused-ring (bicyclic) bond motifs is 3. The van der Waals surface area contributed by atoms with Gasteiger partial charge in [-0.05, 0) is 24.3 Å². The van der Waals surface area contributed by atoms with E-state index in [-0.39, 0.29) is 5.56 Å². The fourth-order valence-corrected chi connectivity index (χ4v) is 3.03. The molecule has 0 aliphatic rings. The second kappa shape index (κ2) is 5.99. The number of primary amides is 1. The molecule has 8 nitrogen and oxygen atoms in total. The third kappa shape index (κ3) is 2.39. The van der Waals surface area contributed by atoms with Crippen molar-refractivity contribution in [3.8, 4) is 0 Å². The number of carbonyl (C=O) groups is 1. The topological polar surface area (TPSA) is 107 Å². The lowest BCUT2D eigenvalue weighted by atomic mass is 10.1. The van der Waals surface area contributed by atoms with Crippen LogP contribution in [0.2, 0.25) is 0 Å². The summed E-state index contributed by atoms with van der Waals surface area (Å²) in [5.41, 5.74) is 7.04. The summed E-state index contributed by atoms with van der Waals surface area (Å²) in [6.07, 6.45) is 0. The lowest BCUT2D eigenvalue weighted by Crippen LogP contribution is -2.20. The third-order valence-electron chi connectivity index (χ3n) is 4.32. The van der Waals surface area contributed by atoms with Crippen LogP contribution in [0.3, 0.4) is 0 Å². The van der Waals surface area contributed by atoms with Gasteiger partial charge in [0.15, 0.2) is 5.82 Å². The molecule has 3 N–H and O–H groups in total. The van der Waals surface area contributed by atoms with E-state index in [4.69, 9.17) is 5.73 Å². The van der Waals surface area contributed by atoms with Crippen molar-refractivity contribution in [2.24, 2.45) is 12.8 Å². The number of benzene rings is 2. The molecular weight excluding hydrogens is 332 g/mol. The van der Waals surface area contributed by atoms with E-state index in [2.05, 4.69) is 15.5 Å².